The third-order valence-electron chi connectivity index (χ3n) is 3.77. The quantitative estimate of drug-likeness (QED) is 0.546. The smallest absolute Gasteiger partial charge is 0.312 e. The molecule has 0 aliphatic carbocycles. The number of carbonyl (C=O) groups is 1. The predicted octanol–water partition coefficient (Wildman–Crippen LogP) is 3.35. The van der Waals surface area contributed by atoms with Crippen LogP contribution < -0.4 is 9.64 Å². The summed E-state index contributed by atoms with van der Waals surface area (Å²) in [6.45, 7) is 0.118. The fourth-order valence-corrected chi connectivity index (χ4v) is 2.43. The van der Waals surface area contributed by atoms with Gasteiger partial charge in [0.05, 0.1) is 4.92 Å². The minimum Gasteiger partial charge on any atom is -0.477 e. The van der Waals surface area contributed by atoms with E-state index in [9.17, 15) is 14.9 Å². The summed E-state index contributed by atoms with van der Waals surface area (Å²) in [5, 5.41) is 11.3. The zero-order chi connectivity index (χ0) is 19.3. The molecule has 2 rings (SSSR count). The minimum atomic E-state index is -0.596. The Morgan fingerprint density at radius 1 is 1.15 bits per heavy atom. The first-order chi connectivity index (χ1) is 12.3. The van der Waals surface area contributed by atoms with Gasteiger partial charge < -0.3 is 14.5 Å². The molecule has 0 saturated heterocycles. The number of nitro groups is 1. The van der Waals surface area contributed by atoms with Crippen molar-refractivity contribution in [1.82, 2.24) is 4.90 Å². The van der Waals surface area contributed by atoms with Crippen LogP contribution in [0.4, 0.5) is 11.4 Å². The molecule has 0 heterocycles. The molecule has 0 aliphatic rings. The number of amides is 1. The average molecular weight is 378 g/mol. The summed E-state index contributed by atoms with van der Waals surface area (Å²) in [7, 11) is 5.57. The maximum atomic E-state index is 12.2. The van der Waals surface area contributed by atoms with E-state index in [4.69, 9.17) is 16.3 Å². The van der Waals surface area contributed by atoms with Crippen LogP contribution in [0.2, 0.25) is 5.02 Å². The second-order valence-electron chi connectivity index (χ2n) is 5.97. The number of ether oxygens (including phenoxy) is 1. The third kappa shape index (κ3) is 5.10. The van der Waals surface area contributed by atoms with Crippen LogP contribution in [0.25, 0.3) is 0 Å². The van der Waals surface area contributed by atoms with Crippen molar-refractivity contribution in [3.05, 3.63) is 63.2 Å². The Balaban J connectivity index is 1.96. The number of carbonyl (C=O) groups excluding carboxylic acids is 1. The van der Waals surface area contributed by atoms with E-state index in [1.165, 1.54) is 23.1 Å². The highest BCUT2D eigenvalue weighted by atomic mass is 35.5. The fourth-order valence-electron chi connectivity index (χ4n) is 2.27. The number of nitro benzene ring substituents is 1. The van der Waals surface area contributed by atoms with E-state index in [-0.39, 0.29) is 29.0 Å². The molecular formula is C18H20ClN3O4. The lowest BCUT2D eigenvalue weighted by Crippen LogP contribution is -2.31. The molecule has 0 aliphatic heterocycles. The van der Waals surface area contributed by atoms with Crippen LogP contribution in [0.1, 0.15) is 5.56 Å². The fraction of sp³-hybridized carbons (Fsp3) is 0.278. The summed E-state index contributed by atoms with van der Waals surface area (Å²) < 4.78 is 5.33. The first-order valence-electron chi connectivity index (χ1n) is 7.85. The van der Waals surface area contributed by atoms with E-state index >= 15 is 0 Å². The van der Waals surface area contributed by atoms with Crippen molar-refractivity contribution in [3.8, 4) is 5.75 Å². The average Bonchev–Trinajstić information content (AvgIpc) is 2.60. The molecule has 26 heavy (non-hydrogen) atoms. The van der Waals surface area contributed by atoms with Crippen LogP contribution >= 0.6 is 11.6 Å². The van der Waals surface area contributed by atoms with Gasteiger partial charge >= 0.3 is 5.69 Å². The van der Waals surface area contributed by atoms with Gasteiger partial charge in [-0.15, -0.1) is 0 Å². The molecule has 0 radical (unpaired) electrons. The summed E-state index contributed by atoms with van der Waals surface area (Å²) in [6.07, 6.45) is 0. The first-order valence-corrected chi connectivity index (χ1v) is 8.22. The highest BCUT2D eigenvalue weighted by Gasteiger charge is 2.18. The summed E-state index contributed by atoms with van der Waals surface area (Å²) >= 11 is 5.76. The second kappa shape index (κ2) is 8.53. The molecule has 0 atom stereocenters. The van der Waals surface area contributed by atoms with Crippen molar-refractivity contribution in [2.75, 3.05) is 32.6 Å². The molecule has 2 aromatic rings. The minimum absolute atomic E-state index is 0.0106. The molecule has 2 aromatic carbocycles. The lowest BCUT2D eigenvalue weighted by Gasteiger charge is -2.18. The summed E-state index contributed by atoms with van der Waals surface area (Å²) in [4.78, 5) is 26.2. The Morgan fingerprint density at radius 2 is 1.81 bits per heavy atom. The highest BCUT2D eigenvalue weighted by molar-refractivity contribution is 6.30. The van der Waals surface area contributed by atoms with Crippen LogP contribution in [0, 0.1) is 10.1 Å². The van der Waals surface area contributed by atoms with Gasteiger partial charge in [-0.05, 0) is 29.8 Å². The molecule has 0 N–H and O–H groups in total. The zero-order valence-electron chi connectivity index (χ0n) is 14.8. The third-order valence-corrected chi connectivity index (χ3v) is 4.00. The summed E-state index contributed by atoms with van der Waals surface area (Å²) in [6, 6.07) is 11.9. The normalized spacial score (nSPS) is 10.3. The predicted molar refractivity (Wildman–Crippen MR) is 101 cm³/mol. The summed E-state index contributed by atoms with van der Waals surface area (Å²) in [5.41, 5.74) is 1.78. The van der Waals surface area contributed by atoms with Crippen LogP contribution in [0.15, 0.2) is 42.5 Å². The number of benzene rings is 2. The van der Waals surface area contributed by atoms with E-state index in [1.54, 1.807) is 7.05 Å². The van der Waals surface area contributed by atoms with Gasteiger partial charge in [-0.3, -0.25) is 14.9 Å². The van der Waals surface area contributed by atoms with Crippen LogP contribution in [0.3, 0.4) is 0 Å². The number of halogens is 1. The van der Waals surface area contributed by atoms with Gasteiger partial charge in [0.2, 0.25) is 0 Å². The van der Waals surface area contributed by atoms with Crippen molar-refractivity contribution >= 4 is 28.9 Å². The molecule has 8 heteroatoms. The Kier molecular flexibility index (Phi) is 6.41. The van der Waals surface area contributed by atoms with Gasteiger partial charge in [-0.1, -0.05) is 23.7 Å². The molecule has 0 unspecified atom stereocenters. The Morgan fingerprint density at radius 3 is 2.38 bits per heavy atom. The molecule has 0 bridgehead atoms. The van der Waals surface area contributed by atoms with Crippen molar-refractivity contribution < 1.29 is 14.5 Å². The van der Waals surface area contributed by atoms with Crippen molar-refractivity contribution in [2.45, 2.75) is 6.54 Å². The Bertz CT molecular complexity index is 794. The number of anilines is 1. The zero-order valence-corrected chi connectivity index (χ0v) is 15.6. The largest absolute Gasteiger partial charge is 0.477 e. The number of likely N-dealkylation sites (N-methyl/N-ethyl adjacent to an activating group) is 1. The van der Waals surface area contributed by atoms with Gasteiger partial charge in [-0.2, -0.15) is 0 Å². The molecule has 0 saturated carbocycles. The SMILES string of the molecule is CN(Cc1ccc(N(C)C)cc1)C(=O)COc1ccc(Cl)cc1[N+](=O)[O-]. The van der Waals surface area contributed by atoms with E-state index < -0.39 is 4.92 Å². The van der Waals surface area contributed by atoms with Gasteiger partial charge in [0.15, 0.2) is 12.4 Å². The van der Waals surface area contributed by atoms with Gasteiger partial charge in [0, 0.05) is 44.5 Å². The molecular weight excluding hydrogens is 358 g/mol. The number of rotatable bonds is 7. The maximum Gasteiger partial charge on any atom is 0.312 e. The summed E-state index contributed by atoms with van der Waals surface area (Å²) in [5.74, 6) is -0.276. The van der Waals surface area contributed by atoms with E-state index in [0.29, 0.717) is 6.54 Å². The lowest BCUT2D eigenvalue weighted by atomic mass is 10.2. The second-order valence-corrected chi connectivity index (χ2v) is 6.40. The van der Waals surface area contributed by atoms with E-state index in [1.807, 2.05) is 43.3 Å². The molecule has 0 spiro atoms. The van der Waals surface area contributed by atoms with E-state index in [0.717, 1.165) is 11.3 Å². The standard InChI is InChI=1S/C18H20ClN3O4/c1-20(2)15-7-4-13(5-8-15)11-21(3)18(23)12-26-17-9-6-14(19)10-16(17)22(24)25/h4-10H,11-12H2,1-3H3. The molecule has 138 valence electrons. The molecule has 7 nitrogen and oxygen atoms in total. The van der Waals surface area contributed by atoms with Gasteiger partial charge in [0.1, 0.15) is 0 Å². The molecule has 1 amide bonds. The van der Waals surface area contributed by atoms with Crippen molar-refractivity contribution in [3.63, 3.8) is 0 Å². The first kappa shape index (κ1) is 19.5. The van der Waals surface area contributed by atoms with Crippen LogP contribution in [-0.4, -0.2) is 43.5 Å². The van der Waals surface area contributed by atoms with Crippen molar-refractivity contribution in [1.29, 1.82) is 0 Å². The maximum absolute atomic E-state index is 12.2. The number of nitrogens with zero attached hydrogens (tertiary/aromatic N) is 3. The number of hydrogen-bond acceptors (Lipinski definition) is 5. The number of hydrogen-bond donors (Lipinski definition) is 0. The van der Waals surface area contributed by atoms with Crippen LogP contribution in [-0.2, 0) is 11.3 Å². The monoisotopic (exact) mass is 377 g/mol. The van der Waals surface area contributed by atoms with E-state index in [2.05, 4.69) is 0 Å². The molecule has 0 fully saturated rings. The topological polar surface area (TPSA) is 75.9 Å². The van der Waals surface area contributed by atoms with Crippen LogP contribution in [0.5, 0.6) is 5.75 Å². The highest BCUT2D eigenvalue weighted by Crippen LogP contribution is 2.29. The Labute approximate surface area is 156 Å². The Hall–Kier alpha value is -2.80. The molecule has 0 aromatic heterocycles. The van der Waals surface area contributed by atoms with Crippen molar-refractivity contribution in [2.24, 2.45) is 0 Å². The van der Waals surface area contributed by atoms with Gasteiger partial charge in [-0.25, -0.2) is 0 Å². The lowest BCUT2D eigenvalue weighted by molar-refractivity contribution is -0.385. The van der Waals surface area contributed by atoms with Gasteiger partial charge in [0.25, 0.3) is 5.91 Å².